The third kappa shape index (κ3) is 4.10. The van der Waals surface area contributed by atoms with Crippen molar-refractivity contribution in [1.29, 1.82) is 0 Å². The van der Waals surface area contributed by atoms with E-state index in [9.17, 15) is 4.79 Å². The highest BCUT2D eigenvalue weighted by Gasteiger charge is 2.14. The lowest BCUT2D eigenvalue weighted by molar-refractivity contribution is 0.102. The molecule has 4 rings (SSSR count). The van der Waals surface area contributed by atoms with Gasteiger partial charge < -0.3 is 14.5 Å². The molecule has 0 bridgehead atoms. The molecule has 0 spiro atoms. The van der Waals surface area contributed by atoms with Gasteiger partial charge in [0.15, 0.2) is 0 Å². The van der Waals surface area contributed by atoms with Crippen molar-refractivity contribution >= 4 is 28.8 Å². The van der Waals surface area contributed by atoms with Gasteiger partial charge in [0.1, 0.15) is 18.0 Å². The van der Waals surface area contributed by atoms with E-state index in [1.807, 2.05) is 54.9 Å². The smallest absolute Gasteiger partial charge is 0.259 e. The Bertz CT molecular complexity index is 1200. The summed E-state index contributed by atoms with van der Waals surface area (Å²) in [7, 11) is 0. The van der Waals surface area contributed by atoms with E-state index in [1.165, 1.54) is 0 Å². The first-order chi connectivity index (χ1) is 14.0. The van der Waals surface area contributed by atoms with Gasteiger partial charge in [0.05, 0.1) is 11.3 Å². The van der Waals surface area contributed by atoms with Crippen LogP contribution in [0.1, 0.15) is 27.2 Å². The van der Waals surface area contributed by atoms with Crippen LogP contribution in [-0.4, -0.2) is 15.3 Å². The average molecular weight is 406 g/mol. The maximum absolute atomic E-state index is 12.8. The van der Waals surface area contributed by atoms with Crippen molar-refractivity contribution in [1.82, 2.24) is 9.38 Å². The number of imidazole rings is 1. The van der Waals surface area contributed by atoms with Crippen molar-refractivity contribution in [2.45, 2.75) is 20.5 Å². The fourth-order valence-electron chi connectivity index (χ4n) is 3.12. The minimum Gasteiger partial charge on any atom is -0.486 e. The van der Waals surface area contributed by atoms with Gasteiger partial charge in [-0.15, -0.1) is 0 Å². The Morgan fingerprint density at radius 1 is 1.10 bits per heavy atom. The van der Waals surface area contributed by atoms with E-state index in [0.717, 1.165) is 22.5 Å². The van der Waals surface area contributed by atoms with E-state index in [-0.39, 0.29) is 12.5 Å². The molecule has 146 valence electrons. The van der Waals surface area contributed by atoms with Crippen molar-refractivity contribution in [3.8, 4) is 5.75 Å². The number of carbonyl (C=O) groups is 1. The molecule has 0 aliphatic rings. The van der Waals surface area contributed by atoms with Gasteiger partial charge in [-0.3, -0.25) is 4.79 Å². The number of nitrogens with zero attached hydrogens (tertiary/aromatic N) is 2. The van der Waals surface area contributed by atoms with Crippen LogP contribution in [0.25, 0.3) is 5.65 Å². The number of ether oxygens (including phenoxy) is 1. The normalized spacial score (nSPS) is 10.9. The Morgan fingerprint density at radius 3 is 2.76 bits per heavy atom. The number of hydrogen-bond acceptors (Lipinski definition) is 3. The molecule has 5 nitrogen and oxygen atoms in total. The third-order valence-corrected chi connectivity index (χ3v) is 4.92. The summed E-state index contributed by atoms with van der Waals surface area (Å²) in [6, 6.07) is 16.5. The van der Waals surface area contributed by atoms with Crippen LogP contribution >= 0.6 is 11.6 Å². The molecule has 0 radical (unpaired) electrons. The lowest BCUT2D eigenvalue weighted by Crippen LogP contribution is -2.14. The molecule has 2 heterocycles. The van der Waals surface area contributed by atoms with Crippen LogP contribution in [0.15, 0.2) is 67.0 Å². The highest BCUT2D eigenvalue weighted by atomic mass is 35.5. The molecule has 2 aromatic carbocycles. The largest absolute Gasteiger partial charge is 0.486 e. The lowest BCUT2D eigenvalue weighted by Gasteiger charge is -2.12. The molecule has 0 fully saturated rings. The van der Waals surface area contributed by atoms with E-state index < -0.39 is 0 Å². The quantitative estimate of drug-likeness (QED) is 0.481. The number of halogens is 1. The fraction of sp³-hybridized carbons (Fsp3) is 0.130. The molecule has 0 atom stereocenters. The van der Waals surface area contributed by atoms with Gasteiger partial charge in [0, 0.05) is 23.1 Å². The van der Waals surface area contributed by atoms with Crippen LogP contribution in [0, 0.1) is 13.8 Å². The summed E-state index contributed by atoms with van der Waals surface area (Å²) in [4.78, 5) is 17.5. The van der Waals surface area contributed by atoms with E-state index in [1.54, 1.807) is 30.3 Å². The van der Waals surface area contributed by atoms with Gasteiger partial charge >= 0.3 is 0 Å². The molecular formula is C23H20ClN3O2. The van der Waals surface area contributed by atoms with Gasteiger partial charge in [-0.2, -0.15) is 0 Å². The summed E-state index contributed by atoms with van der Waals surface area (Å²) in [6.07, 6.45) is 3.88. The number of aromatic nitrogens is 2. The zero-order chi connectivity index (χ0) is 20.4. The maximum atomic E-state index is 12.8. The maximum Gasteiger partial charge on any atom is 0.259 e. The third-order valence-electron chi connectivity index (χ3n) is 4.68. The van der Waals surface area contributed by atoms with Crippen LogP contribution in [-0.2, 0) is 6.61 Å². The van der Waals surface area contributed by atoms with Gasteiger partial charge in [0.2, 0.25) is 0 Å². The van der Waals surface area contributed by atoms with Crippen LogP contribution < -0.4 is 10.1 Å². The minimum absolute atomic E-state index is 0.253. The first-order valence-electron chi connectivity index (χ1n) is 9.24. The van der Waals surface area contributed by atoms with Gasteiger partial charge in [-0.25, -0.2) is 4.98 Å². The number of hydrogen-bond donors (Lipinski definition) is 1. The summed E-state index contributed by atoms with van der Waals surface area (Å²) in [5, 5.41) is 3.48. The SMILES string of the molecule is Cc1ccc(Cl)cc1NC(=O)c1ccccc1OCc1cn2cccc(C)c2n1. The number of anilines is 1. The molecule has 2 aromatic heterocycles. The Kier molecular flexibility index (Phi) is 5.23. The predicted octanol–water partition coefficient (Wildman–Crippen LogP) is 5.44. The number of aryl methyl sites for hydroxylation is 2. The summed E-state index contributed by atoms with van der Waals surface area (Å²) in [5.74, 6) is 0.246. The first kappa shape index (κ1) is 19.0. The van der Waals surface area contributed by atoms with Crippen LogP contribution in [0.3, 0.4) is 0 Å². The molecular weight excluding hydrogens is 386 g/mol. The molecule has 29 heavy (non-hydrogen) atoms. The number of para-hydroxylation sites is 1. The van der Waals surface area contributed by atoms with Gasteiger partial charge in [-0.05, 0) is 55.3 Å². The highest BCUT2D eigenvalue weighted by Crippen LogP contribution is 2.24. The molecule has 1 N–H and O–H groups in total. The number of nitrogens with one attached hydrogen (secondary N) is 1. The van der Waals surface area contributed by atoms with Crippen molar-refractivity contribution < 1.29 is 9.53 Å². The molecule has 0 saturated carbocycles. The van der Waals surface area contributed by atoms with Crippen LogP contribution in [0.2, 0.25) is 5.02 Å². The molecule has 1 amide bonds. The topological polar surface area (TPSA) is 55.6 Å². The van der Waals surface area contributed by atoms with Gasteiger partial charge in [-0.1, -0.05) is 35.9 Å². The highest BCUT2D eigenvalue weighted by molar-refractivity contribution is 6.31. The van der Waals surface area contributed by atoms with E-state index >= 15 is 0 Å². The van der Waals surface area contributed by atoms with E-state index in [4.69, 9.17) is 16.3 Å². The number of fused-ring (bicyclic) bond motifs is 1. The van der Waals surface area contributed by atoms with Crippen molar-refractivity contribution in [2.24, 2.45) is 0 Å². The molecule has 0 saturated heterocycles. The van der Waals surface area contributed by atoms with Crippen molar-refractivity contribution in [3.05, 3.63) is 94.4 Å². The summed E-state index contributed by atoms with van der Waals surface area (Å²) in [6.45, 7) is 4.20. The Hall–Kier alpha value is -3.31. The standard InChI is InChI=1S/C23H20ClN3O2/c1-15-9-10-17(24)12-20(15)26-23(28)19-7-3-4-8-21(19)29-14-18-13-27-11-5-6-16(2)22(27)25-18/h3-13H,14H2,1-2H3,(H,26,28). The fourth-order valence-corrected chi connectivity index (χ4v) is 3.30. The summed E-state index contributed by atoms with van der Waals surface area (Å²) < 4.78 is 7.91. The Morgan fingerprint density at radius 2 is 1.93 bits per heavy atom. The van der Waals surface area contributed by atoms with Gasteiger partial charge in [0.25, 0.3) is 5.91 Å². The molecule has 0 aliphatic heterocycles. The zero-order valence-corrected chi connectivity index (χ0v) is 16.9. The van der Waals surface area contributed by atoms with Crippen molar-refractivity contribution in [2.75, 3.05) is 5.32 Å². The second-order valence-corrected chi connectivity index (χ2v) is 7.29. The Labute approximate surface area is 173 Å². The first-order valence-corrected chi connectivity index (χ1v) is 9.61. The molecule has 4 aromatic rings. The van der Waals surface area contributed by atoms with E-state index in [2.05, 4.69) is 10.3 Å². The second-order valence-electron chi connectivity index (χ2n) is 6.85. The molecule has 6 heteroatoms. The number of amides is 1. The average Bonchev–Trinajstić information content (AvgIpc) is 3.14. The van der Waals surface area contributed by atoms with E-state index in [0.29, 0.717) is 22.0 Å². The summed E-state index contributed by atoms with van der Waals surface area (Å²) in [5.41, 5.74) is 4.84. The number of rotatable bonds is 5. The molecule has 0 aliphatic carbocycles. The lowest BCUT2D eigenvalue weighted by atomic mass is 10.1. The number of carbonyl (C=O) groups excluding carboxylic acids is 1. The summed E-state index contributed by atoms with van der Waals surface area (Å²) >= 11 is 6.05. The van der Waals surface area contributed by atoms with Crippen LogP contribution in [0.5, 0.6) is 5.75 Å². The molecule has 0 unspecified atom stereocenters. The second kappa shape index (κ2) is 7.97. The zero-order valence-electron chi connectivity index (χ0n) is 16.1. The predicted molar refractivity (Wildman–Crippen MR) is 115 cm³/mol. The Balaban J connectivity index is 1.53. The minimum atomic E-state index is -0.253. The monoisotopic (exact) mass is 405 g/mol. The number of benzene rings is 2. The van der Waals surface area contributed by atoms with Crippen molar-refractivity contribution in [3.63, 3.8) is 0 Å². The van der Waals surface area contributed by atoms with Crippen LogP contribution in [0.4, 0.5) is 5.69 Å². The number of pyridine rings is 1.